The van der Waals surface area contributed by atoms with Crippen molar-refractivity contribution in [1.29, 1.82) is 0 Å². The number of nitrogens with one attached hydrogen (secondary N) is 2. The highest BCUT2D eigenvalue weighted by Gasteiger charge is 2.24. The minimum Gasteiger partial charge on any atom is -0.453 e. The zero-order valence-electron chi connectivity index (χ0n) is 12.0. The van der Waals surface area contributed by atoms with E-state index in [1.54, 1.807) is 0 Å². The number of amides is 2. The fourth-order valence-corrected chi connectivity index (χ4v) is 3.69. The molecule has 0 aliphatic heterocycles. The van der Waals surface area contributed by atoms with Crippen molar-refractivity contribution in [3.05, 3.63) is 35.9 Å². The fourth-order valence-electron chi connectivity index (χ4n) is 1.65. The molecule has 0 aliphatic rings. The van der Waals surface area contributed by atoms with Crippen molar-refractivity contribution in [2.45, 2.75) is 6.16 Å². The Balaban J connectivity index is 2.75. The lowest BCUT2D eigenvalue weighted by Crippen LogP contribution is -2.30. The number of hydrogen-bond acceptors (Lipinski definition) is 5. The molecule has 0 aliphatic carbocycles. The van der Waals surface area contributed by atoms with Crippen LogP contribution in [0, 0.1) is 0 Å². The van der Waals surface area contributed by atoms with Gasteiger partial charge in [0, 0.05) is 6.16 Å². The Kier molecular flexibility index (Phi) is 6.75. The third-order valence-electron chi connectivity index (χ3n) is 2.71. The van der Waals surface area contributed by atoms with Crippen molar-refractivity contribution in [3.8, 4) is 0 Å². The van der Waals surface area contributed by atoms with E-state index in [1.807, 2.05) is 30.3 Å². The van der Waals surface area contributed by atoms with E-state index in [9.17, 15) is 14.2 Å². The molecule has 2 amide bonds. The molecule has 1 aromatic carbocycles. The van der Waals surface area contributed by atoms with Crippen LogP contribution in [0.3, 0.4) is 0 Å². The molecule has 8 heteroatoms. The maximum Gasteiger partial charge on any atom is 0.407 e. The standard InChI is InChI=1S/C13H19N2O5P/c1-19-12(16)14-9-21(18,10-15-13(17)20-2)8-11-6-4-3-5-7-11/h3-7H,8-10H2,1-2H3,(H,14,16)(H,15,17). The lowest BCUT2D eigenvalue weighted by Gasteiger charge is -2.19. The highest BCUT2D eigenvalue weighted by molar-refractivity contribution is 7.63. The van der Waals surface area contributed by atoms with Crippen molar-refractivity contribution < 1.29 is 23.6 Å². The van der Waals surface area contributed by atoms with E-state index >= 15 is 0 Å². The lowest BCUT2D eigenvalue weighted by molar-refractivity contribution is 0.172. The number of ether oxygens (including phenoxy) is 2. The first-order valence-electron chi connectivity index (χ1n) is 6.24. The van der Waals surface area contributed by atoms with E-state index in [4.69, 9.17) is 0 Å². The minimum atomic E-state index is -2.90. The van der Waals surface area contributed by atoms with Gasteiger partial charge in [0.1, 0.15) is 7.14 Å². The molecule has 7 nitrogen and oxygen atoms in total. The molecule has 0 heterocycles. The minimum absolute atomic E-state index is 0.0709. The van der Waals surface area contributed by atoms with E-state index < -0.39 is 19.3 Å². The smallest absolute Gasteiger partial charge is 0.407 e. The number of rotatable bonds is 6. The molecule has 116 valence electrons. The van der Waals surface area contributed by atoms with Crippen LogP contribution in [0.5, 0.6) is 0 Å². The van der Waals surface area contributed by atoms with Gasteiger partial charge < -0.3 is 24.7 Å². The maximum absolute atomic E-state index is 12.9. The van der Waals surface area contributed by atoms with E-state index in [0.29, 0.717) is 0 Å². The van der Waals surface area contributed by atoms with E-state index in [-0.39, 0.29) is 18.7 Å². The van der Waals surface area contributed by atoms with Gasteiger partial charge >= 0.3 is 12.2 Å². The van der Waals surface area contributed by atoms with Gasteiger partial charge in [0.05, 0.1) is 26.8 Å². The summed E-state index contributed by atoms with van der Waals surface area (Å²) in [6.07, 6.45) is -1.22. The summed E-state index contributed by atoms with van der Waals surface area (Å²) in [7, 11) is -0.447. The van der Waals surface area contributed by atoms with E-state index in [2.05, 4.69) is 20.1 Å². The second kappa shape index (κ2) is 8.32. The molecule has 0 bridgehead atoms. The summed E-state index contributed by atoms with van der Waals surface area (Å²) in [5.74, 6) is 0. The Hall–Kier alpha value is -2.01. The Labute approximate surface area is 123 Å². The highest BCUT2D eigenvalue weighted by atomic mass is 31.2. The number of carbonyl (C=O) groups is 2. The second-order valence-electron chi connectivity index (χ2n) is 4.35. The zero-order valence-corrected chi connectivity index (χ0v) is 12.9. The molecule has 0 spiro atoms. The predicted molar refractivity (Wildman–Crippen MR) is 78.6 cm³/mol. The van der Waals surface area contributed by atoms with Crippen LogP contribution >= 0.6 is 7.14 Å². The van der Waals surface area contributed by atoms with Gasteiger partial charge in [0.2, 0.25) is 0 Å². The van der Waals surface area contributed by atoms with Crippen LogP contribution in [0.15, 0.2) is 30.3 Å². The van der Waals surface area contributed by atoms with Gasteiger partial charge in [0.25, 0.3) is 0 Å². The number of carbonyl (C=O) groups excluding carboxylic acids is 2. The molecule has 0 atom stereocenters. The molecule has 0 fully saturated rings. The van der Waals surface area contributed by atoms with Crippen LogP contribution in [0.1, 0.15) is 5.56 Å². The summed E-state index contributed by atoms with van der Waals surface area (Å²) in [5, 5.41) is 4.84. The van der Waals surface area contributed by atoms with Crippen molar-refractivity contribution in [3.63, 3.8) is 0 Å². The lowest BCUT2D eigenvalue weighted by atomic mass is 10.2. The molecule has 0 radical (unpaired) electrons. The molecule has 0 aromatic heterocycles. The van der Waals surface area contributed by atoms with Gasteiger partial charge in [0.15, 0.2) is 0 Å². The van der Waals surface area contributed by atoms with Gasteiger partial charge in [-0.3, -0.25) is 0 Å². The van der Waals surface area contributed by atoms with Gasteiger partial charge in [-0.05, 0) is 5.56 Å². The molecular formula is C13H19N2O5P. The summed E-state index contributed by atoms with van der Waals surface area (Å²) in [5.41, 5.74) is 0.860. The van der Waals surface area contributed by atoms with Crippen LogP contribution in [0.4, 0.5) is 9.59 Å². The average molecular weight is 314 g/mol. The molecule has 0 saturated carbocycles. The number of methoxy groups -OCH3 is 2. The van der Waals surface area contributed by atoms with Gasteiger partial charge in [-0.15, -0.1) is 0 Å². The van der Waals surface area contributed by atoms with Crippen molar-refractivity contribution in [2.24, 2.45) is 0 Å². The van der Waals surface area contributed by atoms with Crippen LogP contribution in [-0.2, 0) is 20.2 Å². The molecular weight excluding hydrogens is 295 g/mol. The van der Waals surface area contributed by atoms with Crippen molar-refractivity contribution in [1.82, 2.24) is 10.6 Å². The largest absolute Gasteiger partial charge is 0.453 e. The third kappa shape index (κ3) is 6.31. The Bertz CT molecular complexity index is 497. The first kappa shape index (κ1) is 17.0. The average Bonchev–Trinajstić information content (AvgIpc) is 2.51. The molecule has 21 heavy (non-hydrogen) atoms. The summed E-state index contributed by atoms with van der Waals surface area (Å²) >= 11 is 0. The number of hydrogen-bond donors (Lipinski definition) is 2. The van der Waals surface area contributed by atoms with Crippen LogP contribution in [0.25, 0.3) is 0 Å². The Morgan fingerprint density at radius 3 is 1.90 bits per heavy atom. The molecule has 0 saturated heterocycles. The van der Waals surface area contributed by atoms with Crippen LogP contribution < -0.4 is 10.6 Å². The monoisotopic (exact) mass is 314 g/mol. The van der Waals surface area contributed by atoms with Gasteiger partial charge in [-0.2, -0.15) is 0 Å². The summed E-state index contributed by atoms with van der Waals surface area (Å²) in [6, 6.07) is 9.20. The van der Waals surface area contributed by atoms with Crippen LogP contribution in [0.2, 0.25) is 0 Å². The summed E-state index contributed by atoms with van der Waals surface area (Å²) < 4.78 is 21.8. The fraction of sp³-hybridized carbons (Fsp3) is 0.385. The SMILES string of the molecule is COC(=O)NCP(=O)(CNC(=O)OC)Cc1ccccc1. The third-order valence-corrected chi connectivity index (χ3v) is 5.12. The first-order valence-corrected chi connectivity index (χ1v) is 8.50. The summed E-state index contributed by atoms with van der Waals surface area (Å²) in [6.45, 7) is 0. The quantitative estimate of drug-likeness (QED) is 0.785. The first-order chi connectivity index (χ1) is 9.99. The predicted octanol–water partition coefficient (Wildman–Crippen LogP) is 2.18. The van der Waals surface area contributed by atoms with Gasteiger partial charge in [-0.1, -0.05) is 30.3 Å². The normalized spacial score (nSPS) is 10.6. The molecule has 0 unspecified atom stereocenters. The topological polar surface area (TPSA) is 93.7 Å². The van der Waals surface area contributed by atoms with Crippen molar-refractivity contribution in [2.75, 3.05) is 26.8 Å². The number of alkyl carbamates (subject to hydrolysis) is 2. The summed E-state index contributed by atoms with van der Waals surface area (Å²) in [4.78, 5) is 22.3. The molecule has 1 aromatic rings. The molecule has 1 rings (SSSR count). The van der Waals surface area contributed by atoms with Gasteiger partial charge in [-0.25, -0.2) is 9.59 Å². The van der Waals surface area contributed by atoms with E-state index in [0.717, 1.165) is 5.56 Å². The highest BCUT2D eigenvalue weighted by Crippen LogP contribution is 2.46. The Morgan fingerprint density at radius 1 is 1.00 bits per heavy atom. The second-order valence-corrected chi connectivity index (χ2v) is 7.42. The molecule has 2 N–H and O–H groups in total. The van der Waals surface area contributed by atoms with Crippen LogP contribution in [-0.4, -0.2) is 39.0 Å². The Morgan fingerprint density at radius 2 is 1.48 bits per heavy atom. The zero-order chi connectivity index (χ0) is 15.7. The van der Waals surface area contributed by atoms with E-state index in [1.165, 1.54) is 14.2 Å². The number of benzene rings is 1. The maximum atomic E-state index is 12.9. The van der Waals surface area contributed by atoms with Crippen molar-refractivity contribution >= 4 is 19.3 Å².